The fourth-order valence-electron chi connectivity index (χ4n) is 2.47. The molecule has 0 fully saturated rings. The number of hydrogen-bond donors (Lipinski definition) is 0. The van der Waals surface area contributed by atoms with Crippen molar-refractivity contribution >= 4 is 11.9 Å². The second-order valence-electron chi connectivity index (χ2n) is 5.83. The minimum Gasteiger partial charge on any atom is -0.494 e. The zero-order chi connectivity index (χ0) is 17.5. The molecule has 1 aliphatic rings. The van der Waals surface area contributed by atoms with Crippen LogP contribution in [0.4, 0.5) is 0 Å². The third-order valence-corrected chi connectivity index (χ3v) is 3.90. The van der Waals surface area contributed by atoms with E-state index in [0.717, 1.165) is 30.8 Å². The summed E-state index contributed by atoms with van der Waals surface area (Å²) >= 11 is 0. The first-order chi connectivity index (χ1) is 12.3. The Bertz CT molecular complexity index is 747. The molecule has 0 radical (unpaired) electrons. The Morgan fingerprint density at radius 2 is 1.84 bits per heavy atom. The summed E-state index contributed by atoms with van der Waals surface area (Å²) in [6.07, 6.45) is 5.53. The van der Waals surface area contributed by atoms with Crippen molar-refractivity contribution in [3.05, 3.63) is 59.7 Å². The molecule has 0 N–H and O–H groups in total. The largest absolute Gasteiger partial charge is 0.494 e. The zero-order valence-electron chi connectivity index (χ0n) is 14.4. The summed E-state index contributed by atoms with van der Waals surface area (Å²) in [7, 11) is 0. The minimum atomic E-state index is -0.0692. The quantitative estimate of drug-likeness (QED) is 0.423. The maximum atomic E-state index is 12.3. The molecular weight excluding hydrogens is 316 g/mol. The summed E-state index contributed by atoms with van der Waals surface area (Å²) in [6, 6.07) is 13.0. The maximum absolute atomic E-state index is 12.3. The molecule has 0 aliphatic carbocycles. The summed E-state index contributed by atoms with van der Waals surface area (Å²) in [5.74, 6) is 2.09. The molecule has 0 aromatic heterocycles. The molecule has 0 spiro atoms. The van der Waals surface area contributed by atoms with E-state index in [1.165, 1.54) is 0 Å². The summed E-state index contributed by atoms with van der Waals surface area (Å²) < 4.78 is 16.6. The highest BCUT2D eigenvalue weighted by Crippen LogP contribution is 2.31. The van der Waals surface area contributed by atoms with Crippen LogP contribution >= 0.6 is 0 Å². The van der Waals surface area contributed by atoms with Gasteiger partial charge in [0.05, 0.1) is 6.61 Å². The monoisotopic (exact) mass is 338 g/mol. The molecule has 0 saturated carbocycles. The fraction of sp³-hybridized carbons (Fsp3) is 0.286. The minimum absolute atomic E-state index is 0.0692. The molecular formula is C21H22O4. The molecule has 130 valence electrons. The highest BCUT2D eigenvalue weighted by molar-refractivity contribution is 6.07. The van der Waals surface area contributed by atoms with Gasteiger partial charge in [-0.05, 0) is 48.4 Å². The van der Waals surface area contributed by atoms with Gasteiger partial charge in [0, 0.05) is 5.56 Å². The predicted octanol–water partition coefficient (Wildman–Crippen LogP) is 4.53. The van der Waals surface area contributed by atoms with Crippen LogP contribution in [0.3, 0.4) is 0 Å². The van der Waals surface area contributed by atoms with E-state index in [-0.39, 0.29) is 5.78 Å². The number of allylic oxidation sites excluding steroid dienone is 1. The van der Waals surface area contributed by atoms with Crippen molar-refractivity contribution in [2.45, 2.75) is 19.8 Å². The lowest BCUT2D eigenvalue weighted by Crippen LogP contribution is -2.15. The smallest absolute Gasteiger partial charge is 0.185 e. The average molecular weight is 338 g/mol. The first-order valence-corrected chi connectivity index (χ1v) is 8.61. The van der Waals surface area contributed by atoms with Crippen LogP contribution in [0.2, 0.25) is 0 Å². The molecule has 4 nitrogen and oxygen atoms in total. The Morgan fingerprint density at radius 1 is 1.08 bits per heavy atom. The van der Waals surface area contributed by atoms with Crippen LogP contribution < -0.4 is 14.2 Å². The number of benzene rings is 2. The lowest BCUT2D eigenvalue weighted by molar-refractivity contribution is 0.104. The van der Waals surface area contributed by atoms with Crippen LogP contribution in [0.1, 0.15) is 35.7 Å². The van der Waals surface area contributed by atoms with Crippen molar-refractivity contribution in [2.24, 2.45) is 0 Å². The second-order valence-corrected chi connectivity index (χ2v) is 5.83. The van der Waals surface area contributed by atoms with Crippen molar-refractivity contribution < 1.29 is 19.0 Å². The standard InChI is InChI=1S/C21H22O4/c1-2-3-12-23-18-8-4-16(5-9-18)6-10-19(22)17-7-11-20-21(15-17)25-14-13-24-20/h4-11,15H,2-3,12-14H2,1H3. The van der Waals surface area contributed by atoms with Gasteiger partial charge in [0.25, 0.3) is 0 Å². The van der Waals surface area contributed by atoms with Crippen molar-refractivity contribution in [3.8, 4) is 17.2 Å². The molecule has 1 aliphatic heterocycles. The number of carbonyl (C=O) groups is 1. The van der Waals surface area contributed by atoms with Gasteiger partial charge in [0.1, 0.15) is 19.0 Å². The van der Waals surface area contributed by atoms with Crippen LogP contribution in [-0.2, 0) is 0 Å². The molecule has 0 saturated heterocycles. The Hall–Kier alpha value is -2.75. The Morgan fingerprint density at radius 3 is 2.60 bits per heavy atom. The number of fused-ring (bicyclic) bond motifs is 1. The van der Waals surface area contributed by atoms with Crippen LogP contribution in [-0.4, -0.2) is 25.6 Å². The lowest BCUT2D eigenvalue weighted by Gasteiger charge is -2.18. The van der Waals surface area contributed by atoms with E-state index in [1.807, 2.05) is 24.3 Å². The van der Waals surface area contributed by atoms with Gasteiger partial charge in [-0.15, -0.1) is 0 Å². The molecule has 25 heavy (non-hydrogen) atoms. The average Bonchev–Trinajstić information content (AvgIpc) is 2.67. The van der Waals surface area contributed by atoms with Crippen molar-refractivity contribution in [2.75, 3.05) is 19.8 Å². The van der Waals surface area contributed by atoms with Gasteiger partial charge in [0.15, 0.2) is 17.3 Å². The van der Waals surface area contributed by atoms with Crippen LogP contribution in [0.5, 0.6) is 17.2 Å². The molecule has 0 bridgehead atoms. The van der Waals surface area contributed by atoms with Crippen molar-refractivity contribution in [1.82, 2.24) is 0 Å². The summed E-state index contributed by atoms with van der Waals surface area (Å²) in [5.41, 5.74) is 1.54. The molecule has 4 heteroatoms. The molecule has 3 rings (SSSR count). The molecule has 2 aromatic carbocycles. The number of unbranched alkanes of at least 4 members (excludes halogenated alkanes) is 1. The van der Waals surface area contributed by atoms with Gasteiger partial charge in [-0.2, -0.15) is 0 Å². The first kappa shape index (κ1) is 17.1. The number of rotatable bonds is 7. The molecule has 2 aromatic rings. The van der Waals surface area contributed by atoms with Gasteiger partial charge in [-0.1, -0.05) is 31.6 Å². The van der Waals surface area contributed by atoms with Gasteiger partial charge in [0.2, 0.25) is 0 Å². The van der Waals surface area contributed by atoms with E-state index in [9.17, 15) is 4.79 Å². The van der Waals surface area contributed by atoms with E-state index < -0.39 is 0 Å². The van der Waals surface area contributed by atoms with Gasteiger partial charge in [-0.25, -0.2) is 0 Å². The van der Waals surface area contributed by atoms with Crippen LogP contribution in [0, 0.1) is 0 Å². The molecule has 1 heterocycles. The first-order valence-electron chi connectivity index (χ1n) is 8.61. The van der Waals surface area contributed by atoms with Crippen LogP contribution in [0.15, 0.2) is 48.5 Å². The van der Waals surface area contributed by atoms with Gasteiger partial charge in [-0.3, -0.25) is 4.79 Å². The SMILES string of the molecule is CCCCOc1ccc(C=CC(=O)c2ccc3c(c2)OCCO3)cc1. The molecule has 0 unspecified atom stereocenters. The topological polar surface area (TPSA) is 44.8 Å². The fourth-order valence-corrected chi connectivity index (χ4v) is 2.47. The number of carbonyl (C=O) groups excluding carboxylic acids is 1. The Kier molecular flexibility index (Phi) is 5.73. The van der Waals surface area contributed by atoms with E-state index in [0.29, 0.717) is 30.3 Å². The third-order valence-electron chi connectivity index (χ3n) is 3.90. The number of ketones is 1. The van der Waals surface area contributed by atoms with E-state index in [1.54, 1.807) is 30.4 Å². The van der Waals surface area contributed by atoms with E-state index >= 15 is 0 Å². The van der Waals surface area contributed by atoms with Gasteiger partial charge >= 0.3 is 0 Å². The highest BCUT2D eigenvalue weighted by Gasteiger charge is 2.13. The molecule has 0 atom stereocenters. The van der Waals surface area contributed by atoms with E-state index in [2.05, 4.69) is 6.92 Å². The second kappa shape index (κ2) is 8.38. The van der Waals surface area contributed by atoms with Crippen LogP contribution in [0.25, 0.3) is 6.08 Å². The van der Waals surface area contributed by atoms with Crippen molar-refractivity contribution in [3.63, 3.8) is 0 Å². The Balaban J connectivity index is 1.62. The maximum Gasteiger partial charge on any atom is 0.185 e. The van der Waals surface area contributed by atoms with E-state index in [4.69, 9.17) is 14.2 Å². The lowest BCUT2D eigenvalue weighted by atomic mass is 10.1. The third kappa shape index (κ3) is 4.63. The summed E-state index contributed by atoms with van der Waals surface area (Å²) in [6.45, 7) is 3.91. The van der Waals surface area contributed by atoms with Crippen molar-refractivity contribution in [1.29, 1.82) is 0 Å². The predicted molar refractivity (Wildman–Crippen MR) is 97.6 cm³/mol. The zero-order valence-corrected chi connectivity index (χ0v) is 14.4. The Labute approximate surface area is 148 Å². The summed E-state index contributed by atoms with van der Waals surface area (Å²) in [5, 5.41) is 0. The number of ether oxygens (including phenoxy) is 3. The summed E-state index contributed by atoms with van der Waals surface area (Å²) in [4.78, 5) is 12.3. The normalized spacial score (nSPS) is 13.0. The number of hydrogen-bond acceptors (Lipinski definition) is 4. The van der Waals surface area contributed by atoms with Gasteiger partial charge < -0.3 is 14.2 Å². The highest BCUT2D eigenvalue weighted by atomic mass is 16.6. The molecule has 0 amide bonds.